The fraction of sp³-hybridized carbons (Fsp3) is 0.176. The summed E-state index contributed by atoms with van der Waals surface area (Å²) in [4.78, 5) is 36.5. The van der Waals surface area contributed by atoms with Gasteiger partial charge in [0.1, 0.15) is 0 Å². The number of anilines is 2. The second kappa shape index (κ2) is 6.90. The van der Waals surface area contributed by atoms with Crippen LogP contribution in [-0.4, -0.2) is 23.3 Å². The van der Waals surface area contributed by atoms with Crippen molar-refractivity contribution in [3.63, 3.8) is 0 Å². The molecule has 7 nitrogen and oxygen atoms in total. The smallest absolute Gasteiger partial charge is 0.271 e. The number of nitro groups is 1. The second-order valence-corrected chi connectivity index (χ2v) is 6.06. The molecule has 1 saturated heterocycles. The van der Waals surface area contributed by atoms with Gasteiger partial charge in [0.15, 0.2) is 0 Å². The molecule has 0 saturated carbocycles. The SMILES string of the molecule is O=C(Nc1cc([N+](=O)[O-])ccc1Cl)C1CC(=O)N(c2ccccc2)C1. The number of hydrogen-bond donors (Lipinski definition) is 1. The summed E-state index contributed by atoms with van der Waals surface area (Å²) in [5.41, 5.74) is 0.718. The highest BCUT2D eigenvalue weighted by Crippen LogP contribution is 2.29. The summed E-state index contributed by atoms with van der Waals surface area (Å²) in [6.45, 7) is 0.251. The summed E-state index contributed by atoms with van der Waals surface area (Å²) < 4.78 is 0. The molecule has 1 aliphatic rings. The molecule has 2 aromatic rings. The fourth-order valence-electron chi connectivity index (χ4n) is 2.70. The van der Waals surface area contributed by atoms with Gasteiger partial charge in [-0.05, 0) is 18.2 Å². The predicted molar refractivity (Wildman–Crippen MR) is 93.6 cm³/mol. The van der Waals surface area contributed by atoms with Gasteiger partial charge in [0.25, 0.3) is 5.69 Å². The molecule has 1 heterocycles. The van der Waals surface area contributed by atoms with Gasteiger partial charge in [-0.2, -0.15) is 0 Å². The largest absolute Gasteiger partial charge is 0.324 e. The Bertz CT molecular complexity index is 841. The van der Waals surface area contributed by atoms with E-state index >= 15 is 0 Å². The van der Waals surface area contributed by atoms with E-state index < -0.39 is 16.7 Å². The average molecular weight is 360 g/mol. The molecular weight excluding hydrogens is 346 g/mol. The fourth-order valence-corrected chi connectivity index (χ4v) is 2.86. The number of nitrogens with zero attached hydrogens (tertiary/aromatic N) is 2. The molecule has 3 rings (SSSR count). The highest BCUT2D eigenvalue weighted by molar-refractivity contribution is 6.33. The van der Waals surface area contributed by atoms with E-state index in [0.717, 1.165) is 5.69 Å². The lowest BCUT2D eigenvalue weighted by Gasteiger charge is -2.16. The van der Waals surface area contributed by atoms with Crippen LogP contribution in [0, 0.1) is 16.0 Å². The standard InChI is InChI=1S/C17H14ClN3O4/c18-14-7-6-13(21(24)25)9-15(14)19-17(23)11-8-16(22)20(10-11)12-4-2-1-3-5-12/h1-7,9,11H,8,10H2,(H,19,23). The van der Waals surface area contributed by atoms with Crippen LogP contribution in [0.25, 0.3) is 0 Å². The zero-order chi connectivity index (χ0) is 18.0. The van der Waals surface area contributed by atoms with E-state index in [-0.39, 0.29) is 35.3 Å². The van der Waals surface area contributed by atoms with Crippen LogP contribution in [0.5, 0.6) is 0 Å². The Balaban J connectivity index is 1.74. The van der Waals surface area contributed by atoms with E-state index in [2.05, 4.69) is 5.32 Å². The molecule has 2 aromatic carbocycles. The van der Waals surface area contributed by atoms with Crippen LogP contribution >= 0.6 is 11.6 Å². The van der Waals surface area contributed by atoms with Gasteiger partial charge in [-0.1, -0.05) is 29.8 Å². The van der Waals surface area contributed by atoms with Gasteiger partial charge in [-0.25, -0.2) is 0 Å². The quantitative estimate of drug-likeness (QED) is 0.670. The van der Waals surface area contributed by atoms with E-state index in [9.17, 15) is 19.7 Å². The van der Waals surface area contributed by atoms with Gasteiger partial charge in [-0.15, -0.1) is 0 Å². The summed E-state index contributed by atoms with van der Waals surface area (Å²) in [7, 11) is 0. The van der Waals surface area contributed by atoms with Gasteiger partial charge in [0.2, 0.25) is 11.8 Å². The molecule has 1 atom stereocenters. The van der Waals surface area contributed by atoms with Crippen LogP contribution < -0.4 is 10.2 Å². The van der Waals surface area contributed by atoms with E-state index in [0.29, 0.717) is 0 Å². The van der Waals surface area contributed by atoms with Crippen LogP contribution in [0.15, 0.2) is 48.5 Å². The number of amides is 2. The number of hydrogen-bond acceptors (Lipinski definition) is 4. The number of carbonyl (C=O) groups excluding carboxylic acids is 2. The first-order valence-electron chi connectivity index (χ1n) is 7.56. The number of rotatable bonds is 4. The number of para-hydroxylation sites is 1. The number of halogens is 1. The van der Waals surface area contributed by atoms with Crippen molar-refractivity contribution in [2.45, 2.75) is 6.42 Å². The normalized spacial score (nSPS) is 16.8. The second-order valence-electron chi connectivity index (χ2n) is 5.65. The number of non-ortho nitro benzene ring substituents is 1. The first-order chi connectivity index (χ1) is 12.0. The lowest BCUT2D eigenvalue weighted by molar-refractivity contribution is -0.384. The van der Waals surface area contributed by atoms with Crippen LogP contribution in [-0.2, 0) is 9.59 Å². The maximum absolute atomic E-state index is 12.5. The molecular formula is C17H14ClN3O4. The van der Waals surface area contributed by atoms with E-state index in [4.69, 9.17) is 11.6 Å². The Morgan fingerprint density at radius 1 is 1.24 bits per heavy atom. The third-order valence-electron chi connectivity index (χ3n) is 3.98. The molecule has 0 aromatic heterocycles. The lowest BCUT2D eigenvalue weighted by atomic mass is 10.1. The van der Waals surface area contributed by atoms with Crippen LogP contribution in [0.1, 0.15) is 6.42 Å². The highest BCUT2D eigenvalue weighted by Gasteiger charge is 2.35. The van der Waals surface area contributed by atoms with Crippen molar-refractivity contribution >= 4 is 40.5 Å². The molecule has 0 spiro atoms. The summed E-state index contributed by atoms with van der Waals surface area (Å²) in [5.74, 6) is -1.09. The van der Waals surface area contributed by atoms with E-state index in [1.807, 2.05) is 18.2 Å². The average Bonchev–Trinajstić information content (AvgIpc) is 2.99. The number of carbonyl (C=O) groups is 2. The minimum Gasteiger partial charge on any atom is -0.324 e. The molecule has 8 heteroatoms. The molecule has 0 radical (unpaired) electrons. The molecule has 1 N–H and O–H groups in total. The molecule has 1 aliphatic heterocycles. The van der Waals surface area contributed by atoms with Gasteiger partial charge in [-0.3, -0.25) is 19.7 Å². The minimum absolute atomic E-state index is 0.0767. The van der Waals surface area contributed by atoms with Crippen molar-refractivity contribution in [1.82, 2.24) is 0 Å². The first kappa shape index (κ1) is 16.9. The van der Waals surface area contributed by atoms with Crippen molar-refractivity contribution in [1.29, 1.82) is 0 Å². The third-order valence-corrected chi connectivity index (χ3v) is 4.31. The highest BCUT2D eigenvalue weighted by atomic mass is 35.5. The molecule has 25 heavy (non-hydrogen) atoms. The van der Waals surface area contributed by atoms with E-state index in [1.54, 1.807) is 17.0 Å². The maximum Gasteiger partial charge on any atom is 0.271 e. The Morgan fingerprint density at radius 3 is 2.64 bits per heavy atom. The number of nitro benzene ring substituents is 1. The molecule has 1 fully saturated rings. The maximum atomic E-state index is 12.5. The van der Waals surface area contributed by atoms with Gasteiger partial charge < -0.3 is 10.2 Å². The first-order valence-corrected chi connectivity index (χ1v) is 7.93. The topological polar surface area (TPSA) is 92.5 Å². The van der Waals surface area contributed by atoms with Gasteiger partial charge >= 0.3 is 0 Å². The van der Waals surface area contributed by atoms with Crippen molar-refractivity contribution in [2.24, 2.45) is 5.92 Å². The predicted octanol–water partition coefficient (Wildman–Crippen LogP) is 3.24. The Kier molecular flexibility index (Phi) is 4.67. The summed E-state index contributed by atoms with van der Waals surface area (Å²) in [5, 5.41) is 13.6. The summed E-state index contributed by atoms with van der Waals surface area (Å²) >= 11 is 5.99. The van der Waals surface area contributed by atoms with Crippen molar-refractivity contribution in [3.05, 3.63) is 63.7 Å². The zero-order valence-electron chi connectivity index (χ0n) is 13.0. The Morgan fingerprint density at radius 2 is 1.96 bits per heavy atom. The molecule has 128 valence electrons. The van der Waals surface area contributed by atoms with Crippen LogP contribution in [0.2, 0.25) is 5.02 Å². The third kappa shape index (κ3) is 3.61. The zero-order valence-corrected chi connectivity index (χ0v) is 13.8. The van der Waals surface area contributed by atoms with E-state index in [1.165, 1.54) is 18.2 Å². The number of benzene rings is 2. The lowest BCUT2D eigenvalue weighted by Crippen LogP contribution is -2.28. The Labute approximate surface area is 148 Å². The number of nitrogens with one attached hydrogen (secondary N) is 1. The van der Waals surface area contributed by atoms with Crippen molar-refractivity contribution in [2.75, 3.05) is 16.8 Å². The molecule has 2 amide bonds. The Hall–Kier alpha value is -2.93. The molecule has 0 bridgehead atoms. The monoisotopic (exact) mass is 359 g/mol. The summed E-state index contributed by atoms with van der Waals surface area (Å²) in [6, 6.07) is 12.9. The van der Waals surface area contributed by atoms with Crippen molar-refractivity contribution in [3.8, 4) is 0 Å². The van der Waals surface area contributed by atoms with Gasteiger partial charge in [0, 0.05) is 30.8 Å². The van der Waals surface area contributed by atoms with Gasteiger partial charge in [0.05, 0.1) is 21.6 Å². The molecule has 1 unspecified atom stereocenters. The van der Waals surface area contributed by atoms with Crippen LogP contribution in [0.4, 0.5) is 17.1 Å². The van der Waals surface area contributed by atoms with Crippen LogP contribution in [0.3, 0.4) is 0 Å². The minimum atomic E-state index is -0.567. The summed E-state index contributed by atoms with van der Waals surface area (Å²) in [6.07, 6.45) is 0.0767. The molecule has 0 aliphatic carbocycles. The van der Waals surface area contributed by atoms with Crippen molar-refractivity contribution < 1.29 is 14.5 Å².